The van der Waals surface area contributed by atoms with Crippen molar-refractivity contribution < 1.29 is 61.8 Å². The van der Waals surface area contributed by atoms with E-state index in [1.165, 1.54) is 0 Å². The molecule has 46 heavy (non-hydrogen) atoms. The van der Waals surface area contributed by atoms with Crippen LogP contribution >= 0.6 is 0 Å². The summed E-state index contributed by atoms with van der Waals surface area (Å²) in [5, 5.41) is 5.20. The molecule has 1 aliphatic rings. The van der Waals surface area contributed by atoms with Crippen molar-refractivity contribution in [3.63, 3.8) is 0 Å². The molecule has 0 fully saturated rings. The molecule has 0 saturated carbocycles. The van der Waals surface area contributed by atoms with Crippen molar-refractivity contribution in [2.24, 2.45) is 7.05 Å². The molecule has 1 atom stereocenters. The summed E-state index contributed by atoms with van der Waals surface area (Å²) in [5.74, 6) is -0.998. The Balaban J connectivity index is 1.65. The number of nitrogens with zero attached hydrogens (tertiary/aromatic N) is 3. The van der Waals surface area contributed by atoms with E-state index in [1.807, 2.05) is 4.72 Å². The number of hydrogen-bond donors (Lipinski definition) is 2. The summed E-state index contributed by atoms with van der Waals surface area (Å²) in [6, 6.07) is 6.79. The lowest BCUT2D eigenvalue weighted by molar-refractivity contribution is -0.242. The molecule has 252 valence electrons. The van der Waals surface area contributed by atoms with Crippen LogP contribution in [0.5, 0.6) is 5.75 Å². The molecule has 1 aliphatic heterocycles. The summed E-state index contributed by atoms with van der Waals surface area (Å²) in [4.78, 5) is 10.6. The molecular formula is C25H24F7N5O7S2. The number of carbonyl (C=O) groups excluding carboxylic acids is 1. The van der Waals surface area contributed by atoms with Crippen LogP contribution in [0.1, 0.15) is 19.5 Å². The number of nitrogens with one attached hydrogen (secondary N) is 2. The number of aromatic nitrogens is 2. The lowest BCUT2D eigenvalue weighted by Gasteiger charge is -2.36. The van der Waals surface area contributed by atoms with Gasteiger partial charge in [0.25, 0.3) is 10.0 Å². The van der Waals surface area contributed by atoms with Crippen molar-refractivity contribution in [1.29, 1.82) is 0 Å². The fraction of sp³-hybridized carbons (Fsp3) is 0.360. The number of fused-ring (bicyclic) bond motifs is 1. The number of carbonyl (C=O) groups is 1. The minimum absolute atomic E-state index is 0.229. The van der Waals surface area contributed by atoms with Crippen LogP contribution in [0.25, 0.3) is 0 Å². The van der Waals surface area contributed by atoms with Gasteiger partial charge in [-0.05, 0) is 56.3 Å². The predicted molar refractivity (Wildman–Crippen MR) is 145 cm³/mol. The van der Waals surface area contributed by atoms with Gasteiger partial charge in [0.05, 0.1) is 17.1 Å². The molecule has 0 spiro atoms. The van der Waals surface area contributed by atoms with Gasteiger partial charge < -0.3 is 9.47 Å². The molecule has 12 nitrogen and oxygen atoms in total. The standard InChI is InChI=1S/C25H24F7N5O7S2/c1-23(2,25(30,31)32)44-22(38)34-15-6-9-19-18(10-15)37(46(41,42)17-7-4-14(26)5-8-17)12-16(43-19)11-33-45(39,40)20-13-36(3)35-21(20)24(27,28)29/h4-10,13,16,33H,11-12H2,1-3H3,(H,34,38). The molecule has 1 aromatic heterocycles. The van der Waals surface area contributed by atoms with Gasteiger partial charge in [0.1, 0.15) is 22.6 Å². The van der Waals surface area contributed by atoms with Gasteiger partial charge in [0.2, 0.25) is 15.6 Å². The molecule has 1 unspecified atom stereocenters. The van der Waals surface area contributed by atoms with E-state index in [1.54, 1.807) is 0 Å². The molecular weight excluding hydrogens is 679 g/mol. The van der Waals surface area contributed by atoms with Crippen molar-refractivity contribution in [2.45, 2.75) is 47.7 Å². The molecule has 21 heteroatoms. The number of alkyl halides is 6. The summed E-state index contributed by atoms with van der Waals surface area (Å²) in [7, 11) is -8.39. The Labute approximate surface area is 257 Å². The number of benzene rings is 2. The second kappa shape index (κ2) is 11.9. The van der Waals surface area contributed by atoms with E-state index >= 15 is 0 Å². The van der Waals surface area contributed by atoms with Crippen molar-refractivity contribution in [1.82, 2.24) is 14.5 Å². The van der Waals surface area contributed by atoms with Gasteiger partial charge in [0, 0.05) is 25.5 Å². The highest BCUT2D eigenvalue weighted by Crippen LogP contribution is 2.40. The lowest BCUT2D eigenvalue weighted by Crippen LogP contribution is -2.48. The molecule has 0 saturated heterocycles. The zero-order valence-electron chi connectivity index (χ0n) is 23.8. The Morgan fingerprint density at radius 1 is 1.04 bits per heavy atom. The van der Waals surface area contributed by atoms with Crippen molar-refractivity contribution in [2.75, 3.05) is 22.7 Å². The van der Waals surface area contributed by atoms with Crippen LogP contribution in [0.15, 0.2) is 58.5 Å². The quantitative estimate of drug-likeness (QED) is 0.328. The van der Waals surface area contributed by atoms with E-state index in [-0.39, 0.29) is 17.1 Å². The van der Waals surface area contributed by atoms with Gasteiger partial charge in [0.15, 0.2) is 5.69 Å². The first-order chi connectivity index (χ1) is 21.0. The van der Waals surface area contributed by atoms with Crippen LogP contribution in [-0.2, 0) is 38.0 Å². The van der Waals surface area contributed by atoms with Crippen LogP contribution in [0.3, 0.4) is 0 Å². The lowest BCUT2D eigenvalue weighted by atomic mass is 10.1. The Morgan fingerprint density at radius 3 is 2.26 bits per heavy atom. The van der Waals surface area contributed by atoms with E-state index in [2.05, 4.69) is 15.2 Å². The fourth-order valence-corrected chi connectivity index (χ4v) is 6.79. The first kappa shape index (κ1) is 34.8. The Bertz CT molecular complexity index is 1840. The van der Waals surface area contributed by atoms with E-state index in [0.29, 0.717) is 29.0 Å². The third-order valence-corrected chi connectivity index (χ3v) is 9.64. The molecule has 0 aliphatic carbocycles. The first-order valence-corrected chi connectivity index (χ1v) is 15.7. The second-order valence-corrected chi connectivity index (χ2v) is 13.9. The van der Waals surface area contributed by atoms with Gasteiger partial charge in [-0.2, -0.15) is 31.4 Å². The summed E-state index contributed by atoms with van der Waals surface area (Å²) >= 11 is 0. The maximum atomic E-state index is 13.7. The maximum absolute atomic E-state index is 13.7. The topological polar surface area (TPSA) is 149 Å². The molecule has 1 amide bonds. The fourth-order valence-electron chi connectivity index (χ4n) is 4.03. The molecule has 3 aromatic rings. The van der Waals surface area contributed by atoms with Gasteiger partial charge >= 0.3 is 18.4 Å². The number of sulfonamides is 2. The summed E-state index contributed by atoms with van der Waals surface area (Å²) in [5.41, 5.74) is -5.08. The number of amides is 1. The van der Waals surface area contributed by atoms with Crippen LogP contribution in [0, 0.1) is 5.82 Å². The number of rotatable bonds is 8. The largest absolute Gasteiger partial charge is 0.485 e. The van der Waals surface area contributed by atoms with Crippen LogP contribution in [0.4, 0.5) is 46.9 Å². The van der Waals surface area contributed by atoms with E-state index in [9.17, 15) is 52.4 Å². The van der Waals surface area contributed by atoms with Gasteiger partial charge in [-0.3, -0.25) is 14.3 Å². The zero-order valence-corrected chi connectivity index (χ0v) is 25.4. The third kappa shape index (κ3) is 7.30. The third-order valence-electron chi connectivity index (χ3n) is 6.42. The number of aryl methyl sites for hydroxylation is 1. The van der Waals surface area contributed by atoms with Crippen LogP contribution < -0.4 is 19.1 Å². The average molecular weight is 704 g/mol. The molecule has 0 bridgehead atoms. The zero-order chi connectivity index (χ0) is 34.5. The minimum Gasteiger partial charge on any atom is -0.485 e. The van der Waals surface area contributed by atoms with E-state index < -0.39 is 84.6 Å². The number of anilines is 2. The predicted octanol–water partition coefficient (Wildman–Crippen LogP) is 4.40. The van der Waals surface area contributed by atoms with Crippen molar-refractivity contribution in [3.05, 3.63) is 60.2 Å². The summed E-state index contributed by atoms with van der Waals surface area (Å²) in [6.07, 6.45) is -12.3. The van der Waals surface area contributed by atoms with Crippen LogP contribution in [0.2, 0.25) is 0 Å². The molecule has 2 N–H and O–H groups in total. The second-order valence-electron chi connectivity index (χ2n) is 10.3. The van der Waals surface area contributed by atoms with Gasteiger partial charge in [-0.25, -0.2) is 30.7 Å². The average Bonchev–Trinajstić information content (AvgIpc) is 3.34. The normalized spacial score (nSPS) is 16.0. The Hall–Kier alpha value is -4.11. The number of hydrogen-bond acceptors (Lipinski definition) is 8. The van der Waals surface area contributed by atoms with E-state index in [0.717, 1.165) is 49.5 Å². The maximum Gasteiger partial charge on any atom is 0.436 e. The molecule has 2 heterocycles. The number of halogens is 7. The van der Waals surface area contributed by atoms with Crippen molar-refractivity contribution >= 4 is 37.5 Å². The monoisotopic (exact) mass is 703 g/mol. The minimum atomic E-state index is -5.12. The number of ether oxygens (including phenoxy) is 2. The van der Waals surface area contributed by atoms with Gasteiger partial charge in [-0.15, -0.1) is 0 Å². The summed E-state index contributed by atoms with van der Waals surface area (Å²) in [6.45, 7) is -0.195. The van der Waals surface area contributed by atoms with Crippen molar-refractivity contribution in [3.8, 4) is 5.75 Å². The highest BCUT2D eigenvalue weighted by atomic mass is 32.2. The molecule has 2 aromatic carbocycles. The van der Waals surface area contributed by atoms with Crippen LogP contribution in [-0.4, -0.2) is 63.7 Å². The smallest absolute Gasteiger partial charge is 0.436 e. The summed E-state index contributed by atoms with van der Waals surface area (Å²) < 4.78 is 160. The van der Waals surface area contributed by atoms with Gasteiger partial charge in [-0.1, -0.05) is 0 Å². The van der Waals surface area contributed by atoms with E-state index in [4.69, 9.17) is 4.74 Å². The molecule has 4 rings (SSSR count). The Kier molecular flexibility index (Phi) is 9.00. The molecule has 0 radical (unpaired) electrons. The highest BCUT2D eigenvalue weighted by molar-refractivity contribution is 7.92. The Morgan fingerprint density at radius 2 is 1.67 bits per heavy atom. The highest BCUT2D eigenvalue weighted by Gasteiger charge is 2.51. The first-order valence-electron chi connectivity index (χ1n) is 12.8. The SMILES string of the molecule is Cn1cc(S(=O)(=O)NCC2CN(S(=O)(=O)c3ccc(F)cc3)c3cc(NC(=O)OC(C)(C)C(F)(F)F)ccc3O2)c(C(F)(F)F)n1.